The lowest BCUT2D eigenvalue weighted by Gasteiger charge is -2.31. The average Bonchev–Trinajstić information content (AvgIpc) is 2.46. The molecule has 0 spiro atoms. The van der Waals surface area contributed by atoms with Crippen molar-refractivity contribution in [3.05, 3.63) is 12.7 Å². The van der Waals surface area contributed by atoms with E-state index in [2.05, 4.69) is 16.8 Å². The van der Waals surface area contributed by atoms with Gasteiger partial charge in [-0.15, -0.1) is 19.0 Å². The van der Waals surface area contributed by atoms with E-state index in [1.54, 1.807) is 0 Å². The zero-order valence-corrected chi connectivity index (χ0v) is 12.6. The van der Waals surface area contributed by atoms with Crippen molar-refractivity contribution in [3.63, 3.8) is 0 Å². The van der Waals surface area contributed by atoms with Gasteiger partial charge in [0, 0.05) is 19.5 Å². The van der Waals surface area contributed by atoms with Gasteiger partial charge in [0.05, 0.1) is 0 Å². The predicted octanol–water partition coefficient (Wildman–Crippen LogP) is 2.61. The predicted molar refractivity (Wildman–Crippen MR) is 81.6 cm³/mol. The molecule has 1 N–H and O–H groups in total. The SMILES string of the molecule is C=CC1CCN(C(=O)CCC2CCNCC2)CC1.Cl. The topological polar surface area (TPSA) is 32.3 Å². The van der Waals surface area contributed by atoms with E-state index in [4.69, 9.17) is 0 Å². The first-order chi connectivity index (χ1) is 8.79. The van der Waals surface area contributed by atoms with Gasteiger partial charge in [-0.3, -0.25) is 4.79 Å². The molecule has 0 aromatic heterocycles. The third kappa shape index (κ3) is 5.15. The van der Waals surface area contributed by atoms with Gasteiger partial charge in [0.1, 0.15) is 0 Å². The second kappa shape index (κ2) is 8.60. The van der Waals surface area contributed by atoms with Crippen LogP contribution >= 0.6 is 12.4 Å². The number of carbonyl (C=O) groups excluding carboxylic acids is 1. The summed E-state index contributed by atoms with van der Waals surface area (Å²) in [4.78, 5) is 14.2. The van der Waals surface area contributed by atoms with E-state index < -0.39 is 0 Å². The van der Waals surface area contributed by atoms with Gasteiger partial charge in [-0.25, -0.2) is 0 Å². The number of allylic oxidation sites excluding steroid dienone is 1. The zero-order chi connectivity index (χ0) is 12.8. The number of hydrogen-bond donors (Lipinski definition) is 1. The summed E-state index contributed by atoms with van der Waals surface area (Å²) in [5, 5.41) is 3.37. The van der Waals surface area contributed by atoms with Crippen LogP contribution in [0.2, 0.25) is 0 Å². The molecule has 0 unspecified atom stereocenters. The number of amides is 1. The molecule has 2 heterocycles. The highest BCUT2D eigenvalue weighted by molar-refractivity contribution is 5.85. The molecule has 0 bridgehead atoms. The highest BCUT2D eigenvalue weighted by atomic mass is 35.5. The lowest BCUT2D eigenvalue weighted by atomic mass is 9.92. The number of nitrogens with one attached hydrogen (secondary N) is 1. The summed E-state index contributed by atoms with van der Waals surface area (Å²) < 4.78 is 0. The third-order valence-electron chi connectivity index (χ3n) is 4.45. The second-order valence-corrected chi connectivity index (χ2v) is 5.69. The Hall–Kier alpha value is -0.540. The Labute approximate surface area is 123 Å². The molecule has 1 amide bonds. The van der Waals surface area contributed by atoms with Gasteiger partial charge in [-0.05, 0) is 57.0 Å². The number of hydrogen-bond acceptors (Lipinski definition) is 2. The molecule has 0 aromatic rings. The number of carbonyl (C=O) groups is 1. The molecule has 3 nitrogen and oxygen atoms in total. The van der Waals surface area contributed by atoms with Crippen LogP contribution in [0.1, 0.15) is 38.5 Å². The molecule has 110 valence electrons. The van der Waals surface area contributed by atoms with E-state index in [1.807, 2.05) is 6.08 Å². The summed E-state index contributed by atoms with van der Waals surface area (Å²) in [5.41, 5.74) is 0. The van der Waals surface area contributed by atoms with Gasteiger partial charge in [0.15, 0.2) is 0 Å². The van der Waals surface area contributed by atoms with Crippen molar-refractivity contribution in [1.82, 2.24) is 10.2 Å². The van der Waals surface area contributed by atoms with Crippen LogP contribution in [-0.4, -0.2) is 37.0 Å². The monoisotopic (exact) mass is 286 g/mol. The van der Waals surface area contributed by atoms with E-state index in [0.29, 0.717) is 11.8 Å². The molecule has 19 heavy (non-hydrogen) atoms. The molecule has 0 radical (unpaired) electrons. The van der Waals surface area contributed by atoms with Crippen LogP contribution in [0.3, 0.4) is 0 Å². The van der Waals surface area contributed by atoms with Crippen molar-refractivity contribution in [2.45, 2.75) is 38.5 Å². The summed E-state index contributed by atoms with van der Waals surface area (Å²) in [7, 11) is 0. The zero-order valence-electron chi connectivity index (χ0n) is 11.8. The van der Waals surface area contributed by atoms with Gasteiger partial charge in [-0.1, -0.05) is 6.08 Å². The standard InChI is InChI=1S/C15H26N2O.ClH/c1-2-13-7-11-17(12-8-13)15(18)4-3-14-5-9-16-10-6-14;/h2,13-14,16H,1,3-12H2;1H. The van der Waals surface area contributed by atoms with Gasteiger partial charge >= 0.3 is 0 Å². The normalized spacial score (nSPS) is 21.8. The fourth-order valence-corrected chi connectivity index (χ4v) is 3.04. The Balaban J connectivity index is 0.00000180. The van der Waals surface area contributed by atoms with Crippen molar-refractivity contribution in [3.8, 4) is 0 Å². The maximum Gasteiger partial charge on any atom is 0.222 e. The minimum atomic E-state index is 0. The van der Waals surface area contributed by atoms with Crippen molar-refractivity contribution in [1.29, 1.82) is 0 Å². The molecule has 4 heteroatoms. The Morgan fingerprint density at radius 2 is 1.84 bits per heavy atom. The molecule has 2 aliphatic rings. The fraction of sp³-hybridized carbons (Fsp3) is 0.800. The van der Waals surface area contributed by atoms with Crippen LogP contribution in [0.25, 0.3) is 0 Å². The molecule has 0 atom stereocenters. The summed E-state index contributed by atoms with van der Waals surface area (Å²) >= 11 is 0. The third-order valence-corrected chi connectivity index (χ3v) is 4.45. The van der Waals surface area contributed by atoms with E-state index in [1.165, 1.54) is 12.8 Å². The van der Waals surface area contributed by atoms with Gasteiger partial charge in [-0.2, -0.15) is 0 Å². The minimum absolute atomic E-state index is 0. The molecule has 0 aromatic carbocycles. The Bertz CT molecular complexity index is 282. The molecule has 2 rings (SSSR count). The van der Waals surface area contributed by atoms with E-state index >= 15 is 0 Å². The number of nitrogens with zero attached hydrogens (tertiary/aromatic N) is 1. The first kappa shape index (κ1) is 16.5. The first-order valence-corrected chi connectivity index (χ1v) is 7.40. The van der Waals surface area contributed by atoms with Crippen LogP contribution in [0.5, 0.6) is 0 Å². The Morgan fingerprint density at radius 1 is 1.21 bits per heavy atom. The first-order valence-electron chi connectivity index (χ1n) is 7.40. The quantitative estimate of drug-likeness (QED) is 0.806. The highest BCUT2D eigenvalue weighted by Crippen LogP contribution is 2.21. The van der Waals surface area contributed by atoms with Crippen molar-refractivity contribution < 1.29 is 4.79 Å². The maximum atomic E-state index is 12.1. The summed E-state index contributed by atoms with van der Waals surface area (Å²) in [6.45, 7) is 7.96. The smallest absolute Gasteiger partial charge is 0.222 e. The highest BCUT2D eigenvalue weighted by Gasteiger charge is 2.22. The number of halogens is 1. The molecule has 0 saturated carbocycles. The van der Waals surface area contributed by atoms with E-state index in [9.17, 15) is 4.79 Å². The molecular weight excluding hydrogens is 260 g/mol. The number of piperidine rings is 2. The molecule has 2 saturated heterocycles. The fourth-order valence-electron chi connectivity index (χ4n) is 3.04. The van der Waals surface area contributed by atoms with E-state index in [0.717, 1.165) is 57.8 Å². The summed E-state index contributed by atoms with van der Waals surface area (Å²) in [6.07, 6.45) is 8.56. The number of rotatable bonds is 4. The molecule has 2 fully saturated rings. The van der Waals surface area contributed by atoms with Crippen molar-refractivity contribution in [2.24, 2.45) is 11.8 Å². The molecule has 0 aliphatic carbocycles. The van der Waals surface area contributed by atoms with Gasteiger partial charge in [0.2, 0.25) is 5.91 Å². The Kier molecular flexibility index (Phi) is 7.47. The number of likely N-dealkylation sites (tertiary alicyclic amines) is 1. The van der Waals surface area contributed by atoms with Crippen LogP contribution in [0.15, 0.2) is 12.7 Å². The lowest BCUT2D eigenvalue weighted by molar-refractivity contribution is -0.132. The van der Waals surface area contributed by atoms with Gasteiger partial charge in [0.25, 0.3) is 0 Å². The maximum absolute atomic E-state index is 12.1. The average molecular weight is 287 g/mol. The minimum Gasteiger partial charge on any atom is -0.343 e. The Morgan fingerprint density at radius 3 is 2.42 bits per heavy atom. The lowest BCUT2D eigenvalue weighted by Crippen LogP contribution is -2.38. The van der Waals surface area contributed by atoms with Crippen LogP contribution < -0.4 is 5.32 Å². The van der Waals surface area contributed by atoms with Gasteiger partial charge < -0.3 is 10.2 Å². The van der Waals surface area contributed by atoms with Crippen LogP contribution in [0.4, 0.5) is 0 Å². The van der Waals surface area contributed by atoms with Crippen LogP contribution in [-0.2, 0) is 4.79 Å². The molecular formula is C15H27ClN2O. The van der Waals surface area contributed by atoms with E-state index in [-0.39, 0.29) is 12.4 Å². The molecule has 2 aliphatic heterocycles. The summed E-state index contributed by atoms with van der Waals surface area (Å²) in [6, 6.07) is 0. The van der Waals surface area contributed by atoms with Crippen molar-refractivity contribution >= 4 is 18.3 Å². The summed E-state index contributed by atoms with van der Waals surface area (Å²) in [5.74, 6) is 1.76. The van der Waals surface area contributed by atoms with Crippen molar-refractivity contribution in [2.75, 3.05) is 26.2 Å². The van der Waals surface area contributed by atoms with Crippen LogP contribution in [0, 0.1) is 11.8 Å². The largest absolute Gasteiger partial charge is 0.343 e. The second-order valence-electron chi connectivity index (χ2n) is 5.69.